The van der Waals surface area contributed by atoms with E-state index in [-0.39, 0.29) is 13.2 Å². The highest BCUT2D eigenvalue weighted by atomic mass is 16.5. The number of aryl methyl sites for hydroxylation is 1. The van der Waals surface area contributed by atoms with Crippen molar-refractivity contribution >= 4 is 11.8 Å². The summed E-state index contributed by atoms with van der Waals surface area (Å²) in [5.41, 5.74) is 3.18. The summed E-state index contributed by atoms with van der Waals surface area (Å²) >= 11 is 0. The van der Waals surface area contributed by atoms with Gasteiger partial charge in [-0.1, -0.05) is 48.0 Å². The zero-order valence-electron chi connectivity index (χ0n) is 11.3. The van der Waals surface area contributed by atoms with Gasteiger partial charge in [0.1, 0.15) is 6.61 Å². The van der Waals surface area contributed by atoms with Crippen molar-refractivity contribution < 1.29 is 14.6 Å². The molecule has 0 aliphatic rings. The molecule has 0 spiro atoms. The van der Waals surface area contributed by atoms with Crippen molar-refractivity contribution in [3.8, 4) is 0 Å². The molecule has 0 fully saturated rings. The molecule has 2 aromatic carbocycles. The summed E-state index contributed by atoms with van der Waals surface area (Å²) in [4.78, 5) is 11.7. The summed E-state index contributed by atoms with van der Waals surface area (Å²) in [6.45, 7) is 2.01. The minimum atomic E-state index is -0.535. The number of amides is 1. The number of hydrogen-bond acceptors (Lipinski definition) is 3. The fraction of sp³-hybridized carbons (Fsp3) is 0.188. The van der Waals surface area contributed by atoms with E-state index in [1.165, 1.54) is 0 Å². The standard InChI is InChI=1S/C16H17NO3/c1-12-7-8-15(14(9-12)10-18)17-16(19)20-11-13-5-3-2-4-6-13/h2-9,18H,10-11H2,1H3,(H,17,19). The van der Waals surface area contributed by atoms with Crippen LogP contribution in [0.2, 0.25) is 0 Å². The number of ether oxygens (including phenoxy) is 1. The number of carbonyl (C=O) groups is 1. The minimum Gasteiger partial charge on any atom is -0.444 e. The molecule has 0 aliphatic carbocycles. The van der Waals surface area contributed by atoms with Crippen molar-refractivity contribution in [3.05, 3.63) is 65.2 Å². The van der Waals surface area contributed by atoms with Crippen LogP contribution in [-0.2, 0) is 18.0 Å². The van der Waals surface area contributed by atoms with Crippen molar-refractivity contribution in [2.75, 3.05) is 5.32 Å². The Kier molecular flexibility index (Phi) is 4.74. The zero-order valence-corrected chi connectivity index (χ0v) is 11.3. The Morgan fingerprint density at radius 3 is 2.65 bits per heavy atom. The van der Waals surface area contributed by atoms with Crippen LogP contribution in [0.1, 0.15) is 16.7 Å². The number of anilines is 1. The van der Waals surface area contributed by atoms with Gasteiger partial charge in [-0.3, -0.25) is 5.32 Å². The van der Waals surface area contributed by atoms with E-state index in [0.717, 1.165) is 11.1 Å². The van der Waals surface area contributed by atoms with Crippen LogP contribution in [0.15, 0.2) is 48.5 Å². The molecular weight excluding hydrogens is 254 g/mol. The molecule has 20 heavy (non-hydrogen) atoms. The smallest absolute Gasteiger partial charge is 0.411 e. The second-order valence-electron chi connectivity index (χ2n) is 4.51. The molecule has 2 aromatic rings. The fourth-order valence-corrected chi connectivity index (χ4v) is 1.84. The zero-order chi connectivity index (χ0) is 14.4. The molecule has 0 radical (unpaired) electrons. The molecule has 0 saturated heterocycles. The molecule has 4 heteroatoms. The second-order valence-corrected chi connectivity index (χ2v) is 4.51. The van der Waals surface area contributed by atoms with E-state index in [2.05, 4.69) is 5.32 Å². The molecule has 1 amide bonds. The van der Waals surface area contributed by atoms with Gasteiger partial charge < -0.3 is 9.84 Å². The van der Waals surface area contributed by atoms with Crippen molar-refractivity contribution in [1.29, 1.82) is 0 Å². The molecule has 2 N–H and O–H groups in total. The van der Waals surface area contributed by atoms with E-state index in [4.69, 9.17) is 4.74 Å². The SMILES string of the molecule is Cc1ccc(NC(=O)OCc2ccccc2)c(CO)c1. The first-order chi connectivity index (χ1) is 9.69. The van der Waals surface area contributed by atoms with Gasteiger partial charge in [-0.15, -0.1) is 0 Å². The second kappa shape index (κ2) is 6.73. The predicted molar refractivity (Wildman–Crippen MR) is 77.4 cm³/mol. The van der Waals surface area contributed by atoms with E-state index >= 15 is 0 Å². The van der Waals surface area contributed by atoms with Crippen molar-refractivity contribution in [3.63, 3.8) is 0 Å². The van der Waals surface area contributed by atoms with Crippen LogP contribution in [0.4, 0.5) is 10.5 Å². The van der Waals surface area contributed by atoms with Crippen LogP contribution in [0.25, 0.3) is 0 Å². The number of aliphatic hydroxyl groups excluding tert-OH is 1. The average Bonchev–Trinajstić information content (AvgIpc) is 2.48. The lowest BCUT2D eigenvalue weighted by Gasteiger charge is -2.11. The molecule has 2 rings (SSSR count). The number of aliphatic hydroxyl groups is 1. The first-order valence-corrected chi connectivity index (χ1v) is 6.37. The van der Waals surface area contributed by atoms with Gasteiger partial charge in [0, 0.05) is 11.3 Å². The van der Waals surface area contributed by atoms with Crippen LogP contribution in [0.5, 0.6) is 0 Å². The number of rotatable bonds is 4. The topological polar surface area (TPSA) is 58.6 Å². The Labute approximate surface area is 118 Å². The van der Waals surface area contributed by atoms with Gasteiger partial charge in [-0.05, 0) is 18.6 Å². The van der Waals surface area contributed by atoms with Crippen molar-refractivity contribution in [2.24, 2.45) is 0 Å². The quantitative estimate of drug-likeness (QED) is 0.897. The molecule has 0 aliphatic heterocycles. The summed E-state index contributed by atoms with van der Waals surface area (Å²) in [6.07, 6.45) is -0.535. The number of hydrogen-bond donors (Lipinski definition) is 2. The lowest BCUT2D eigenvalue weighted by atomic mass is 10.1. The van der Waals surface area contributed by atoms with Gasteiger partial charge in [0.05, 0.1) is 6.61 Å². The highest BCUT2D eigenvalue weighted by molar-refractivity contribution is 5.85. The fourth-order valence-electron chi connectivity index (χ4n) is 1.84. The Hall–Kier alpha value is -2.33. The van der Waals surface area contributed by atoms with Gasteiger partial charge in [-0.2, -0.15) is 0 Å². The molecule has 0 unspecified atom stereocenters. The normalized spacial score (nSPS) is 10.1. The maximum Gasteiger partial charge on any atom is 0.411 e. The molecule has 0 aromatic heterocycles. The highest BCUT2D eigenvalue weighted by Gasteiger charge is 2.07. The molecule has 0 heterocycles. The molecule has 104 valence electrons. The predicted octanol–water partition coefficient (Wildman–Crippen LogP) is 3.24. The summed E-state index contributed by atoms with van der Waals surface area (Å²) in [7, 11) is 0. The minimum absolute atomic E-state index is 0.129. The van der Waals surface area contributed by atoms with Crippen LogP contribution >= 0.6 is 0 Å². The molecular formula is C16H17NO3. The van der Waals surface area contributed by atoms with Crippen molar-refractivity contribution in [1.82, 2.24) is 0 Å². The first kappa shape index (κ1) is 14.1. The lowest BCUT2D eigenvalue weighted by molar-refractivity contribution is 0.155. The third kappa shape index (κ3) is 3.83. The third-order valence-electron chi connectivity index (χ3n) is 2.88. The van der Waals surface area contributed by atoms with E-state index in [0.29, 0.717) is 11.3 Å². The highest BCUT2D eigenvalue weighted by Crippen LogP contribution is 2.17. The van der Waals surface area contributed by atoms with E-state index in [9.17, 15) is 9.90 Å². The largest absolute Gasteiger partial charge is 0.444 e. The number of nitrogens with one attached hydrogen (secondary N) is 1. The van der Waals surface area contributed by atoms with Gasteiger partial charge in [0.15, 0.2) is 0 Å². The third-order valence-corrected chi connectivity index (χ3v) is 2.88. The monoisotopic (exact) mass is 271 g/mol. The average molecular weight is 271 g/mol. The summed E-state index contributed by atoms with van der Waals surface area (Å²) in [5, 5.41) is 11.9. The molecule has 0 bridgehead atoms. The van der Waals surface area contributed by atoms with Crippen LogP contribution in [0, 0.1) is 6.92 Å². The molecule has 0 saturated carbocycles. The summed E-state index contributed by atoms with van der Waals surface area (Å²) < 4.78 is 5.13. The summed E-state index contributed by atoms with van der Waals surface area (Å²) in [5.74, 6) is 0. The Morgan fingerprint density at radius 2 is 1.95 bits per heavy atom. The Balaban J connectivity index is 1.95. The first-order valence-electron chi connectivity index (χ1n) is 6.37. The van der Waals surface area contributed by atoms with E-state index in [1.54, 1.807) is 6.07 Å². The maximum atomic E-state index is 11.7. The van der Waals surface area contributed by atoms with E-state index < -0.39 is 6.09 Å². The van der Waals surface area contributed by atoms with Crippen LogP contribution in [0.3, 0.4) is 0 Å². The van der Waals surface area contributed by atoms with Gasteiger partial charge in [0.2, 0.25) is 0 Å². The van der Waals surface area contributed by atoms with Gasteiger partial charge in [-0.25, -0.2) is 4.79 Å². The Morgan fingerprint density at radius 1 is 1.20 bits per heavy atom. The summed E-state index contributed by atoms with van der Waals surface area (Å²) in [6, 6.07) is 14.9. The molecule has 4 nitrogen and oxygen atoms in total. The van der Waals surface area contributed by atoms with Crippen LogP contribution in [-0.4, -0.2) is 11.2 Å². The number of carbonyl (C=O) groups excluding carboxylic acids is 1. The lowest BCUT2D eigenvalue weighted by Crippen LogP contribution is -2.14. The number of benzene rings is 2. The van der Waals surface area contributed by atoms with Gasteiger partial charge in [0.25, 0.3) is 0 Å². The molecule has 0 atom stereocenters. The Bertz CT molecular complexity index is 582. The van der Waals surface area contributed by atoms with Crippen molar-refractivity contribution in [2.45, 2.75) is 20.1 Å². The maximum absolute atomic E-state index is 11.7. The van der Waals surface area contributed by atoms with Crippen LogP contribution < -0.4 is 5.32 Å². The van der Waals surface area contributed by atoms with E-state index in [1.807, 2.05) is 49.4 Å². The van der Waals surface area contributed by atoms with Gasteiger partial charge >= 0.3 is 6.09 Å².